The molecule has 1 aliphatic carbocycles. The normalized spacial score (nSPS) is 16.5. The van der Waals surface area contributed by atoms with Crippen LogP contribution in [0.25, 0.3) is 0 Å². The van der Waals surface area contributed by atoms with Crippen LogP contribution < -0.4 is 10.6 Å². The zero-order chi connectivity index (χ0) is 16.2. The van der Waals surface area contributed by atoms with Gasteiger partial charge in [-0.2, -0.15) is 8.78 Å². The van der Waals surface area contributed by atoms with Gasteiger partial charge in [0.2, 0.25) is 5.91 Å². The Morgan fingerprint density at radius 3 is 2.36 bits per heavy atom. The van der Waals surface area contributed by atoms with Gasteiger partial charge < -0.3 is 15.7 Å². The van der Waals surface area contributed by atoms with E-state index in [0.29, 0.717) is 6.42 Å². The second-order valence-corrected chi connectivity index (χ2v) is 5.40. The van der Waals surface area contributed by atoms with Crippen molar-refractivity contribution in [1.29, 1.82) is 0 Å². The van der Waals surface area contributed by atoms with Crippen molar-refractivity contribution in [3.05, 3.63) is 35.9 Å². The Kier molecular flexibility index (Phi) is 4.75. The molecule has 0 heterocycles. The molecule has 0 saturated heterocycles. The predicted octanol–water partition coefficient (Wildman–Crippen LogP) is 0.969. The summed E-state index contributed by atoms with van der Waals surface area (Å²) in [5, 5.41) is 14.0. The van der Waals surface area contributed by atoms with Crippen molar-refractivity contribution in [3.63, 3.8) is 0 Å². The van der Waals surface area contributed by atoms with E-state index in [1.54, 1.807) is 12.1 Å². The summed E-state index contributed by atoms with van der Waals surface area (Å²) in [6, 6.07) is 9.06. The molecule has 1 aliphatic rings. The van der Waals surface area contributed by atoms with Crippen LogP contribution in [0.5, 0.6) is 0 Å². The lowest BCUT2D eigenvalue weighted by molar-refractivity contribution is -0.215. The molecule has 7 heteroatoms. The van der Waals surface area contributed by atoms with Crippen molar-refractivity contribution >= 4 is 11.8 Å². The number of hydrogen-bond acceptors (Lipinski definition) is 3. The largest absolute Gasteiger partial charge is 0.383 e. The van der Waals surface area contributed by atoms with Gasteiger partial charge in [0, 0.05) is 6.54 Å². The molecule has 1 saturated carbocycles. The molecule has 0 bridgehead atoms. The Hall–Kier alpha value is -2.02. The van der Waals surface area contributed by atoms with E-state index in [9.17, 15) is 23.5 Å². The van der Waals surface area contributed by atoms with E-state index in [1.807, 2.05) is 23.5 Å². The van der Waals surface area contributed by atoms with Crippen LogP contribution in [0.2, 0.25) is 0 Å². The summed E-state index contributed by atoms with van der Waals surface area (Å²) in [7, 11) is 0. The summed E-state index contributed by atoms with van der Waals surface area (Å²) in [6.07, 6.45) is 0.220. The molecule has 0 unspecified atom stereocenters. The number of carbonyl (C=O) groups excluding carboxylic acids is 2. The zero-order valence-corrected chi connectivity index (χ0v) is 11.9. The maximum atomic E-state index is 13.8. The van der Waals surface area contributed by atoms with Gasteiger partial charge in [-0.1, -0.05) is 30.3 Å². The lowest BCUT2D eigenvalue weighted by Crippen LogP contribution is -2.61. The fourth-order valence-corrected chi connectivity index (χ4v) is 2.17. The number of aliphatic hydroxyl groups is 1. The van der Waals surface area contributed by atoms with E-state index < -0.39 is 29.9 Å². The molecule has 0 radical (unpaired) electrons. The molecule has 1 fully saturated rings. The van der Waals surface area contributed by atoms with E-state index in [1.165, 1.54) is 0 Å². The van der Waals surface area contributed by atoms with Gasteiger partial charge in [-0.3, -0.25) is 9.59 Å². The number of amides is 2. The molecule has 0 atom stereocenters. The Morgan fingerprint density at radius 2 is 1.82 bits per heavy atom. The quantitative estimate of drug-likeness (QED) is 0.732. The van der Waals surface area contributed by atoms with Crippen molar-refractivity contribution in [3.8, 4) is 0 Å². The minimum atomic E-state index is -3.88. The fraction of sp³-hybridized carbons (Fsp3) is 0.467. The summed E-state index contributed by atoms with van der Waals surface area (Å²) in [4.78, 5) is 23.0. The van der Waals surface area contributed by atoms with Crippen LogP contribution >= 0.6 is 0 Å². The Morgan fingerprint density at radius 1 is 1.18 bits per heavy atom. The van der Waals surface area contributed by atoms with Gasteiger partial charge in [0.25, 0.3) is 5.91 Å². The molecule has 5 nitrogen and oxygen atoms in total. The highest BCUT2D eigenvalue weighted by Gasteiger charge is 2.61. The minimum absolute atomic E-state index is 0.117. The summed E-state index contributed by atoms with van der Waals surface area (Å²) >= 11 is 0. The van der Waals surface area contributed by atoms with Gasteiger partial charge >= 0.3 is 5.92 Å². The monoisotopic (exact) mass is 312 g/mol. The molecule has 2 amide bonds. The first-order chi connectivity index (χ1) is 10.3. The third kappa shape index (κ3) is 3.41. The van der Waals surface area contributed by atoms with Crippen LogP contribution in [0, 0.1) is 0 Å². The summed E-state index contributed by atoms with van der Waals surface area (Å²) in [6.45, 7) is -0.312. The molecule has 0 aliphatic heterocycles. The highest BCUT2D eigenvalue weighted by molar-refractivity contribution is 5.89. The molecule has 22 heavy (non-hydrogen) atoms. The van der Waals surface area contributed by atoms with Crippen molar-refractivity contribution < 1.29 is 23.5 Å². The maximum Gasteiger partial charge on any atom is 0.352 e. The van der Waals surface area contributed by atoms with Gasteiger partial charge in [-0.25, -0.2) is 0 Å². The molecule has 2 rings (SSSR count). The molecule has 120 valence electrons. The number of rotatable bonds is 6. The van der Waals surface area contributed by atoms with Crippen LogP contribution in [0.1, 0.15) is 24.8 Å². The Balaban J connectivity index is 1.77. The van der Waals surface area contributed by atoms with Gasteiger partial charge in [0.1, 0.15) is 5.60 Å². The first-order valence-corrected chi connectivity index (χ1v) is 7.04. The average Bonchev–Trinajstić information content (AvgIpc) is 2.48. The number of hydrogen-bond donors (Lipinski definition) is 3. The first kappa shape index (κ1) is 16.4. The van der Waals surface area contributed by atoms with Gasteiger partial charge in [0.15, 0.2) is 0 Å². The average molecular weight is 312 g/mol. The highest BCUT2D eigenvalue weighted by Crippen LogP contribution is 2.44. The summed E-state index contributed by atoms with van der Waals surface area (Å²) in [5.41, 5.74) is -1.42. The van der Waals surface area contributed by atoms with Crippen molar-refractivity contribution in [2.75, 3.05) is 6.54 Å². The topological polar surface area (TPSA) is 78.4 Å². The van der Waals surface area contributed by atoms with E-state index in [4.69, 9.17) is 0 Å². The molecular weight excluding hydrogens is 294 g/mol. The van der Waals surface area contributed by atoms with E-state index in [0.717, 1.165) is 5.56 Å². The maximum absolute atomic E-state index is 13.8. The lowest BCUT2D eigenvalue weighted by atomic mass is 9.75. The number of carbonyl (C=O) groups is 2. The highest BCUT2D eigenvalue weighted by atomic mass is 19.3. The Labute approximate surface area is 126 Å². The van der Waals surface area contributed by atoms with Crippen molar-refractivity contribution in [1.82, 2.24) is 10.6 Å². The number of nitrogens with one attached hydrogen (secondary N) is 2. The summed E-state index contributed by atoms with van der Waals surface area (Å²) in [5.74, 6) is -6.08. The molecule has 1 aromatic rings. The van der Waals surface area contributed by atoms with Crippen LogP contribution in [0.3, 0.4) is 0 Å². The number of benzene rings is 1. The first-order valence-electron chi connectivity index (χ1n) is 7.04. The molecule has 0 aromatic heterocycles. The van der Waals surface area contributed by atoms with Gasteiger partial charge in [0.05, 0.1) is 6.54 Å². The van der Waals surface area contributed by atoms with E-state index in [-0.39, 0.29) is 19.4 Å². The molecule has 1 aromatic carbocycles. The van der Waals surface area contributed by atoms with Gasteiger partial charge in [-0.05, 0) is 24.8 Å². The minimum Gasteiger partial charge on any atom is -0.383 e. The zero-order valence-electron chi connectivity index (χ0n) is 11.9. The van der Waals surface area contributed by atoms with Crippen LogP contribution in [0.4, 0.5) is 8.78 Å². The molecule has 0 spiro atoms. The Bertz CT molecular complexity index is 545. The second kappa shape index (κ2) is 6.39. The SMILES string of the molecule is O=C(CNC(=O)C(F)(F)C1(O)CCC1)NCc1ccccc1. The van der Waals surface area contributed by atoms with Crippen molar-refractivity contribution in [2.45, 2.75) is 37.3 Å². The van der Waals surface area contributed by atoms with Gasteiger partial charge in [-0.15, -0.1) is 0 Å². The lowest BCUT2D eigenvalue weighted by Gasteiger charge is -2.41. The van der Waals surface area contributed by atoms with E-state index >= 15 is 0 Å². The number of halogens is 2. The van der Waals surface area contributed by atoms with Crippen LogP contribution in [0.15, 0.2) is 30.3 Å². The smallest absolute Gasteiger partial charge is 0.352 e. The van der Waals surface area contributed by atoms with Crippen molar-refractivity contribution in [2.24, 2.45) is 0 Å². The number of alkyl halides is 2. The van der Waals surface area contributed by atoms with Crippen LogP contribution in [-0.2, 0) is 16.1 Å². The molecular formula is C15H18F2N2O3. The molecule has 3 N–H and O–H groups in total. The standard InChI is InChI=1S/C15H18F2N2O3/c16-15(17,14(22)7-4-8-14)13(21)19-10-12(20)18-9-11-5-2-1-3-6-11/h1-3,5-6,22H,4,7-10H2,(H,18,20)(H,19,21). The van der Waals surface area contributed by atoms with Crippen LogP contribution in [-0.4, -0.2) is 35.0 Å². The third-order valence-electron chi connectivity index (χ3n) is 3.79. The fourth-order valence-electron chi connectivity index (χ4n) is 2.17. The second-order valence-electron chi connectivity index (χ2n) is 5.40. The predicted molar refractivity (Wildman–Crippen MR) is 75.0 cm³/mol. The summed E-state index contributed by atoms with van der Waals surface area (Å²) < 4.78 is 27.5. The van der Waals surface area contributed by atoms with E-state index in [2.05, 4.69) is 5.32 Å². The third-order valence-corrected chi connectivity index (χ3v) is 3.79.